The van der Waals surface area contributed by atoms with Crippen LogP contribution in [0.1, 0.15) is 33.4 Å². The lowest BCUT2D eigenvalue weighted by Crippen LogP contribution is -2.09. The highest BCUT2D eigenvalue weighted by Gasteiger charge is 2.23. The summed E-state index contributed by atoms with van der Waals surface area (Å²) in [5.74, 6) is 1.71. The fraction of sp³-hybridized carbons (Fsp3) is 0.438. The largest absolute Gasteiger partial charge is 0.467 e. The van der Waals surface area contributed by atoms with Crippen LogP contribution in [0.5, 0.6) is 11.5 Å². The third-order valence-corrected chi connectivity index (χ3v) is 7.85. The lowest BCUT2D eigenvalue weighted by Gasteiger charge is -2.20. The van der Waals surface area contributed by atoms with E-state index in [4.69, 9.17) is 28.4 Å². The van der Waals surface area contributed by atoms with Gasteiger partial charge in [-0.25, -0.2) is 0 Å². The monoisotopic (exact) mass is 518 g/mol. The van der Waals surface area contributed by atoms with Crippen molar-refractivity contribution in [2.24, 2.45) is 0 Å². The molecule has 0 aliphatic carbocycles. The van der Waals surface area contributed by atoms with E-state index in [2.05, 4.69) is 65.8 Å². The summed E-state index contributed by atoms with van der Waals surface area (Å²) in [5.41, 5.74) is 12.2. The molecule has 202 valence electrons. The van der Waals surface area contributed by atoms with E-state index in [1.807, 2.05) is 12.1 Å². The number of rotatable bonds is 12. The standard InChI is InChI=1S/C32H38O6/c1-19-20(2)28(30-10-12-32(24(6)22(30)4)38-18-34-14-26-16-36-26)8-7-27(19)29-9-11-31(23(5)21(29)3)37-17-33-13-25-15-35-25/h7-12,25-26H,13-18H2,1-6H3. The van der Waals surface area contributed by atoms with Gasteiger partial charge in [-0.15, -0.1) is 0 Å². The smallest absolute Gasteiger partial charge is 0.189 e. The minimum absolute atomic E-state index is 0.233. The molecule has 2 aliphatic rings. The maximum absolute atomic E-state index is 5.89. The second kappa shape index (κ2) is 11.5. The molecular formula is C32H38O6. The number of benzene rings is 3. The summed E-state index contributed by atoms with van der Waals surface area (Å²) in [5, 5.41) is 0. The van der Waals surface area contributed by atoms with Gasteiger partial charge in [0.1, 0.15) is 23.7 Å². The van der Waals surface area contributed by atoms with Gasteiger partial charge < -0.3 is 28.4 Å². The first-order chi connectivity index (χ1) is 18.3. The van der Waals surface area contributed by atoms with Crippen LogP contribution in [0.4, 0.5) is 0 Å². The van der Waals surface area contributed by atoms with Crippen molar-refractivity contribution in [3.05, 3.63) is 69.8 Å². The van der Waals surface area contributed by atoms with Crippen molar-refractivity contribution in [1.82, 2.24) is 0 Å². The van der Waals surface area contributed by atoms with E-state index >= 15 is 0 Å². The van der Waals surface area contributed by atoms with Gasteiger partial charge in [0.05, 0.1) is 26.4 Å². The van der Waals surface area contributed by atoms with Crippen LogP contribution < -0.4 is 9.47 Å². The molecule has 0 aromatic heterocycles. The first-order valence-electron chi connectivity index (χ1n) is 13.3. The first kappa shape index (κ1) is 26.7. The summed E-state index contributed by atoms with van der Waals surface area (Å²) in [4.78, 5) is 0. The molecule has 3 aromatic carbocycles. The van der Waals surface area contributed by atoms with Gasteiger partial charge in [0.15, 0.2) is 13.6 Å². The lowest BCUT2D eigenvalue weighted by atomic mass is 9.86. The minimum Gasteiger partial charge on any atom is -0.467 e. The third kappa shape index (κ3) is 5.89. The van der Waals surface area contributed by atoms with Gasteiger partial charge in [0.2, 0.25) is 0 Å². The molecule has 0 N–H and O–H groups in total. The summed E-state index contributed by atoms with van der Waals surface area (Å²) in [6.45, 7) is 16.2. The van der Waals surface area contributed by atoms with Gasteiger partial charge in [0, 0.05) is 0 Å². The quantitative estimate of drug-likeness (QED) is 0.158. The molecular weight excluding hydrogens is 480 g/mol. The number of hydrogen-bond donors (Lipinski definition) is 0. The molecule has 0 saturated carbocycles. The van der Waals surface area contributed by atoms with Gasteiger partial charge >= 0.3 is 0 Å². The summed E-state index contributed by atoms with van der Waals surface area (Å²) in [6, 6.07) is 12.9. The molecule has 2 atom stereocenters. The van der Waals surface area contributed by atoms with Gasteiger partial charge in [-0.05, 0) is 109 Å². The van der Waals surface area contributed by atoms with E-state index in [1.165, 1.54) is 44.5 Å². The molecule has 2 unspecified atom stereocenters. The predicted octanol–water partition coefficient (Wildman–Crippen LogP) is 6.37. The van der Waals surface area contributed by atoms with Crippen LogP contribution in [0.25, 0.3) is 22.3 Å². The molecule has 6 nitrogen and oxygen atoms in total. The van der Waals surface area contributed by atoms with Crippen LogP contribution in [-0.4, -0.2) is 52.2 Å². The summed E-state index contributed by atoms with van der Waals surface area (Å²) in [7, 11) is 0. The van der Waals surface area contributed by atoms with Crippen LogP contribution in [0.2, 0.25) is 0 Å². The van der Waals surface area contributed by atoms with E-state index < -0.39 is 0 Å². The average molecular weight is 519 g/mol. The fourth-order valence-corrected chi connectivity index (χ4v) is 4.79. The Morgan fingerprint density at radius 3 is 1.18 bits per heavy atom. The summed E-state index contributed by atoms with van der Waals surface area (Å²) >= 11 is 0. The normalized spacial score (nSPS) is 17.9. The van der Waals surface area contributed by atoms with E-state index in [-0.39, 0.29) is 25.8 Å². The minimum atomic E-state index is 0.233. The third-order valence-electron chi connectivity index (χ3n) is 7.85. The van der Waals surface area contributed by atoms with Crippen molar-refractivity contribution in [2.75, 3.05) is 40.0 Å². The van der Waals surface area contributed by atoms with Crippen LogP contribution in [-0.2, 0) is 18.9 Å². The van der Waals surface area contributed by atoms with E-state index in [9.17, 15) is 0 Å². The Hall–Kier alpha value is -2.90. The Balaban J connectivity index is 1.33. The Morgan fingerprint density at radius 1 is 0.526 bits per heavy atom. The highest BCUT2D eigenvalue weighted by molar-refractivity contribution is 5.81. The zero-order valence-electron chi connectivity index (χ0n) is 23.3. The molecule has 0 amide bonds. The molecule has 5 rings (SSSR count). The maximum atomic E-state index is 5.89. The maximum Gasteiger partial charge on any atom is 0.189 e. The van der Waals surface area contributed by atoms with E-state index in [0.29, 0.717) is 13.2 Å². The molecule has 0 bridgehead atoms. The SMILES string of the molecule is Cc1c(OCOCC2CO2)ccc(-c2ccc(-c3ccc(OCOCC4CO4)c(C)c3C)c(C)c2C)c1C. The fourth-order valence-electron chi connectivity index (χ4n) is 4.79. The summed E-state index contributed by atoms with van der Waals surface area (Å²) < 4.78 is 33.3. The summed E-state index contributed by atoms with van der Waals surface area (Å²) in [6.07, 6.45) is 0.480. The van der Waals surface area contributed by atoms with Crippen LogP contribution in [0.3, 0.4) is 0 Å². The van der Waals surface area contributed by atoms with Gasteiger partial charge in [0.25, 0.3) is 0 Å². The zero-order valence-corrected chi connectivity index (χ0v) is 23.3. The van der Waals surface area contributed by atoms with Crippen LogP contribution >= 0.6 is 0 Å². The van der Waals surface area contributed by atoms with Crippen LogP contribution in [0, 0.1) is 41.5 Å². The van der Waals surface area contributed by atoms with Crippen molar-refractivity contribution < 1.29 is 28.4 Å². The first-order valence-corrected chi connectivity index (χ1v) is 13.3. The van der Waals surface area contributed by atoms with Crippen molar-refractivity contribution in [2.45, 2.75) is 53.8 Å². The highest BCUT2D eigenvalue weighted by atomic mass is 16.7. The zero-order chi connectivity index (χ0) is 26.8. The topological polar surface area (TPSA) is 62.0 Å². The molecule has 38 heavy (non-hydrogen) atoms. The Labute approximate surface area is 225 Å². The second-order valence-electron chi connectivity index (χ2n) is 10.3. The van der Waals surface area contributed by atoms with E-state index in [1.54, 1.807) is 0 Å². The second-order valence-corrected chi connectivity index (χ2v) is 10.3. The molecule has 0 radical (unpaired) electrons. The number of epoxide rings is 2. The highest BCUT2D eigenvalue weighted by Crippen LogP contribution is 2.39. The molecule has 2 saturated heterocycles. The van der Waals surface area contributed by atoms with Gasteiger partial charge in [-0.3, -0.25) is 0 Å². The molecule has 0 spiro atoms. The molecule has 6 heteroatoms. The molecule has 3 aromatic rings. The number of hydrogen-bond acceptors (Lipinski definition) is 6. The molecule has 2 heterocycles. The van der Waals surface area contributed by atoms with Crippen molar-refractivity contribution >= 4 is 0 Å². The van der Waals surface area contributed by atoms with Crippen LogP contribution in [0.15, 0.2) is 36.4 Å². The van der Waals surface area contributed by atoms with Gasteiger partial charge in [-0.1, -0.05) is 24.3 Å². The van der Waals surface area contributed by atoms with Crippen molar-refractivity contribution in [1.29, 1.82) is 0 Å². The molecule has 2 fully saturated rings. The van der Waals surface area contributed by atoms with Crippen molar-refractivity contribution in [3.8, 4) is 33.8 Å². The van der Waals surface area contributed by atoms with E-state index in [0.717, 1.165) is 35.8 Å². The predicted molar refractivity (Wildman–Crippen MR) is 148 cm³/mol. The van der Waals surface area contributed by atoms with Crippen molar-refractivity contribution in [3.63, 3.8) is 0 Å². The Kier molecular flexibility index (Phi) is 8.05. The lowest BCUT2D eigenvalue weighted by molar-refractivity contribution is 0.00772. The average Bonchev–Trinajstić information content (AvgIpc) is 3.83. The number of ether oxygens (including phenoxy) is 6. The van der Waals surface area contributed by atoms with Gasteiger partial charge in [-0.2, -0.15) is 0 Å². The Bertz CT molecular complexity index is 1210. The Morgan fingerprint density at radius 2 is 0.842 bits per heavy atom. The molecule has 2 aliphatic heterocycles.